The standard InChI is InChI=1S/C19H25N3O4/c23-18(4-3-14-2-1-7-20-10-14)21-11-16-17(12-21)26-13-19(24)22(16)15-5-8-25-9-6-15/h1-2,7,10,15-17H,3-6,8-9,11-13H2/t16-,17-/m0/s1. The van der Waals surface area contributed by atoms with Crippen molar-refractivity contribution in [3.63, 3.8) is 0 Å². The topological polar surface area (TPSA) is 72.0 Å². The fourth-order valence-corrected chi connectivity index (χ4v) is 4.22. The molecule has 7 heteroatoms. The molecule has 0 radical (unpaired) electrons. The Morgan fingerprint density at radius 1 is 1.27 bits per heavy atom. The monoisotopic (exact) mass is 359 g/mol. The second kappa shape index (κ2) is 7.72. The van der Waals surface area contributed by atoms with Crippen molar-refractivity contribution in [3.05, 3.63) is 30.1 Å². The average Bonchev–Trinajstić information content (AvgIpc) is 3.12. The summed E-state index contributed by atoms with van der Waals surface area (Å²) < 4.78 is 11.2. The summed E-state index contributed by atoms with van der Waals surface area (Å²) in [7, 11) is 0. The number of hydrogen-bond donors (Lipinski definition) is 0. The maximum Gasteiger partial charge on any atom is 0.249 e. The number of likely N-dealkylation sites (tertiary alicyclic amines) is 1. The van der Waals surface area contributed by atoms with Gasteiger partial charge >= 0.3 is 0 Å². The Bertz CT molecular complexity index is 647. The lowest BCUT2D eigenvalue weighted by molar-refractivity contribution is -0.159. The number of ether oxygens (including phenoxy) is 2. The van der Waals surface area contributed by atoms with Crippen LogP contribution >= 0.6 is 0 Å². The smallest absolute Gasteiger partial charge is 0.249 e. The van der Waals surface area contributed by atoms with E-state index >= 15 is 0 Å². The summed E-state index contributed by atoms with van der Waals surface area (Å²) in [5, 5.41) is 0. The number of nitrogens with zero attached hydrogens (tertiary/aromatic N) is 3. The second-order valence-electron chi connectivity index (χ2n) is 7.22. The molecule has 0 saturated carbocycles. The van der Waals surface area contributed by atoms with E-state index in [1.54, 1.807) is 12.4 Å². The quantitative estimate of drug-likeness (QED) is 0.789. The lowest BCUT2D eigenvalue weighted by atomic mass is 10.0. The number of carbonyl (C=O) groups excluding carboxylic acids is 2. The van der Waals surface area contributed by atoms with E-state index in [1.807, 2.05) is 21.9 Å². The van der Waals surface area contributed by atoms with Crippen molar-refractivity contribution in [3.8, 4) is 0 Å². The summed E-state index contributed by atoms with van der Waals surface area (Å²) in [5.74, 6) is 0.161. The van der Waals surface area contributed by atoms with Crippen LogP contribution in [0.4, 0.5) is 0 Å². The Labute approximate surface area is 153 Å². The molecule has 1 aromatic rings. The van der Waals surface area contributed by atoms with Crippen LogP contribution in [0.1, 0.15) is 24.8 Å². The molecule has 2 atom stereocenters. The van der Waals surface area contributed by atoms with E-state index in [1.165, 1.54) is 0 Å². The van der Waals surface area contributed by atoms with Crippen molar-refractivity contribution >= 4 is 11.8 Å². The zero-order valence-electron chi connectivity index (χ0n) is 14.9. The highest BCUT2D eigenvalue weighted by Gasteiger charge is 2.46. The van der Waals surface area contributed by atoms with Crippen LogP contribution in [0.15, 0.2) is 24.5 Å². The van der Waals surface area contributed by atoms with Gasteiger partial charge in [-0.25, -0.2) is 0 Å². The molecule has 7 nitrogen and oxygen atoms in total. The molecule has 140 valence electrons. The first-order valence-electron chi connectivity index (χ1n) is 9.39. The fourth-order valence-electron chi connectivity index (χ4n) is 4.22. The van der Waals surface area contributed by atoms with E-state index in [4.69, 9.17) is 9.47 Å². The zero-order valence-corrected chi connectivity index (χ0v) is 14.9. The number of pyridine rings is 1. The number of morpholine rings is 1. The van der Waals surface area contributed by atoms with Gasteiger partial charge in [0.1, 0.15) is 6.61 Å². The van der Waals surface area contributed by atoms with Crippen LogP contribution in [-0.4, -0.2) is 77.7 Å². The molecular formula is C19H25N3O4. The van der Waals surface area contributed by atoms with Gasteiger partial charge in [-0.3, -0.25) is 14.6 Å². The molecule has 0 aromatic carbocycles. The predicted molar refractivity (Wildman–Crippen MR) is 93.4 cm³/mol. The van der Waals surface area contributed by atoms with Crippen molar-refractivity contribution in [2.24, 2.45) is 0 Å². The molecule has 3 fully saturated rings. The molecule has 0 bridgehead atoms. The van der Waals surface area contributed by atoms with Gasteiger partial charge in [-0.15, -0.1) is 0 Å². The summed E-state index contributed by atoms with van der Waals surface area (Å²) in [5.41, 5.74) is 1.06. The zero-order chi connectivity index (χ0) is 17.9. The Morgan fingerprint density at radius 3 is 2.88 bits per heavy atom. The maximum absolute atomic E-state index is 12.7. The minimum Gasteiger partial charge on any atom is -0.381 e. The van der Waals surface area contributed by atoms with Crippen molar-refractivity contribution in [1.82, 2.24) is 14.8 Å². The number of carbonyl (C=O) groups is 2. The van der Waals surface area contributed by atoms with Crippen LogP contribution in [-0.2, 0) is 25.5 Å². The molecule has 0 spiro atoms. The first-order chi connectivity index (χ1) is 12.7. The second-order valence-corrected chi connectivity index (χ2v) is 7.22. The molecule has 0 N–H and O–H groups in total. The Balaban J connectivity index is 1.38. The van der Waals surface area contributed by atoms with Gasteiger partial charge in [0.2, 0.25) is 11.8 Å². The number of amides is 2. The van der Waals surface area contributed by atoms with Crippen LogP contribution in [0.25, 0.3) is 0 Å². The maximum atomic E-state index is 12.7. The van der Waals surface area contributed by atoms with Crippen molar-refractivity contribution in [1.29, 1.82) is 0 Å². The molecule has 3 aliphatic rings. The van der Waals surface area contributed by atoms with Crippen LogP contribution in [0.2, 0.25) is 0 Å². The highest BCUT2D eigenvalue weighted by atomic mass is 16.5. The summed E-state index contributed by atoms with van der Waals surface area (Å²) in [6.07, 6.45) is 6.32. The summed E-state index contributed by atoms with van der Waals surface area (Å²) in [6, 6.07) is 4.05. The predicted octanol–water partition coefficient (Wildman–Crippen LogP) is 0.631. The molecule has 3 aliphatic heterocycles. The summed E-state index contributed by atoms with van der Waals surface area (Å²) in [4.78, 5) is 33.1. The third-order valence-corrected chi connectivity index (χ3v) is 5.59. The molecule has 3 saturated heterocycles. The number of hydrogen-bond acceptors (Lipinski definition) is 5. The Morgan fingerprint density at radius 2 is 2.12 bits per heavy atom. The number of fused-ring (bicyclic) bond motifs is 1. The Hall–Kier alpha value is -1.99. The van der Waals surface area contributed by atoms with Gasteiger partial charge in [-0.05, 0) is 30.9 Å². The third-order valence-electron chi connectivity index (χ3n) is 5.59. The minimum absolute atomic E-state index is 0.0262. The summed E-state index contributed by atoms with van der Waals surface area (Å²) in [6.45, 7) is 2.65. The highest BCUT2D eigenvalue weighted by molar-refractivity contribution is 5.80. The highest BCUT2D eigenvalue weighted by Crippen LogP contribution is 2.29. The first kappa shape index (κ1) is 17.4. The van der Waals surface area contributed by atoms with E-state index in [9.17, 15) is 9.59 Å². The Kier molecular flexibility index (Phi) is 5.17. The molecule has 26 heavy (non-hydrogen) atoms. The molecular weight excluding hydrogens is 334 g/mol. The van der Waals surface area contributed by atoms with Crippen molar-refractivity contribution < 1.29 is 19.1 Å². The molecule has 0 unspecified atom stereocenters. The molecule has 2 amide bonds. The van der Waals surface area contributed by atoms with E-state index in [0.29, 0.717) is 39.1 Å². The van der Waals surface area contributed by atoms with Gasteiger partial charge in [0.15, 0.2) is 0 Å². The number of aryl methyl sites for hydroxylation is 1. The SMILES string of the molecule is O=C(CCc1cccnc1)N1C[C@@H]2OCC(=O)N(C3CCOCC3)[C@H]2C1. The van der Waals surface area contributed by atoms with E-state index in [0.717, 1.165) is 18.4 Å². The normalized spacial score (nSPS) is 26.8. The van der Waals surface area contributed by atoms with Crippen molar-refractivity contribution in [2.75, 3.05) is 32.9 Å². The number of aromatic nitrogens is 1. The van der Waals surface area contributed by atoms with E-state index in [2.05, 4.69) is 4.98 Å². The minimum atomic E-state index is -0.0714. The molecule has 1 aromatic heterocycles. The van der Waals surface area contributed by atoms with Gasteiger partial charge in [-0.2, -0.15) is 0 Å². The largest absolute Gasteiger partial charge is 0.381 e. The van der Waals surface area contributed by atoms with E-state index < -0.39 is 0 Å². The molecule has 0 aliphatic carbocycles. The lowest BCUT2D eigenvalue weighted by Gasteiger charge is -2.43. The lowest BCUT2D eigenvalue weighted by Crippen LogP contribution is -2.58. The van der Waals surface area contributed by atoms with Gasteiger partial charge in [0, 0.05) is 51.2 Å². The molecule has 4 heterocycles. The van der Waals surface area contributed by atoms with E-state index in [-0.39, 0.29) is 36.6 Å². The van der Waals surface area contributed by atoms with Gasteiger partial charge in [-0.1, -0.05) is 6.07 Å². The van der Waals surface area contributed by atoms with Crippen LogP contribution in [0.3, 0.4) is 0 Å². The average molecular weight is 359 g/mol. The fraction of sp³-hybridized carbons (Fsp3) is 0.632. The van der Waals surface area contributed by atoms with Crippen LogP contribution in [0.5, 0.6) is 0 Å². The van der Waals surface area contributed by atoms with Gasteiger partial charge in [0.05, 0.1) is 12.1 Å². The van der Waals surface area contributed by atoms with Gasteiger partial charge < -0.3 is 19.3 Å². The number of rotatable bonds is 4. The van der Waals surface area contributed by atoms with Crippen LogP contribution in [0, 0.1) is 0 Å². The first-order valence-corrected chi connectivity index (χ1v) is 9.39. The van der Waals surface area contributed by atoms with Crippen LogP contribution < -0.4 is 0 Å². The van der Waals surface area contributed by atoms with Gasteiger partial charge in [0.25, 0.3) is 0 Å². The third kappa shape index (κ3) is 3.59. The summed E-state index contributed by atoms with van der Waals surface area (Å²) >= 11 is 0. The van der Waals surface area contributed by atoms with Crippen molar-refractivity contribution in [2.45, 2.75) is 43.9 Å². The molecule has 4 rings (SSSR count).